The number of allylic oxidation sites excluding steroid dienone is 1. The molecule has 0 spiro atoms. The molecule has 1 aromatic heterocycles. The molecule has 1 atom stereocenters. The van der Waals surface area contributed by atoms with Gasteiger partial charge in [-0.05, 0) is 49.6 Å². The molecule has 120 valence electrons. The molecular formula is C20H19N3O. The maximum Gasteiger partial charge on any atom is 0.223 e. The fraction of sp³-hybridized carbons (Fsp3) is 0.200. The van der Waals surface area contributed by atoms with Gasteiger partial charge in [0.05, 0.1) is 5.52 Å². The van der Waals surface area contributed by atoms with Crippen molar-refractivity contribution >= 4 is 17.1 Å². The first-order valence-corrected chi connectivity index (χ1v) is 7.92. The molecule has 24 heavy (non-hydrogen) atoms. The normalized spacial score (nSPS) is 13.6. The molecule has 4 nitrogen and oxygen atoms in total. The Morgan fingerprint density at radius 1 is 1.12 bits per heavy atom. The van der Waals surface area contributed by atoms with Gasteiger partial charge in [-0.2, -0.15) is 0 Å². The summed E-state index contributed by atoms with van der Waals surface area (Å²) in [6.07, 6.45) is 3.80. The first-order chi connectivity index (χ1) is 11.7. The average molecular weight is 317 g/mol. The molecule has 1 unspecified atom stereocenters. The summed E-state index contributed by atoms with van der Waals surface area (Å²) in [5, 5.41) is 8.43. The Morgan fingerprint density at radius 3 is 2.67 bits per heavy atom. The topological polar surface area (TPSA) is 39.9 Å². The van der Waals surface area contributed by atoms with Crippen molar-refractivity contribution in [1.29, 1.82) is 0 Å². The Balaban J connectivity index is 1.92. The lowest BCUT2D eigenvalue weighted by atomic mass is 10.2. The second-order valence-electron chi connectivity index (χ2n) is 5.42. The third-order valence-electron chi connectivity index (χ3n) is 3.64. The lowest BCUT2D eigenvalue weighted by molar-refractivity contribution is -0.0450. The lowest BCUT2D eigenvalue weighted by Gasteiger charge is -2.24. The minimum atomic E-state index is -0.869. The first-order valence-electron chi connectivity index (χ1n) is 7.92. The van der Waals surface area contributed by atoms with E-state index < -0.39 is 5.72 Å². The molecule has 0 fully saturated rings. The van der Waals surface area contributed by atoms with Gasteiger partial charge < -0.3 is 4.74 Å². The predicted molar refractivity (Wildman–Crippen MR) is 96.1 cm³/mol. The Labute approximate surface area is 141 Å². The lowest BCUT2D eigenvalue weighted by Crippen LogP contribution is -2.33. The predicted octanol–water partition coefficient (Wildman–Crippen LogP) is 3.86. The molecule has 4 heteroatoms. The van der Waals surface area contributed by atoms with Crippen LogP contribution >= 0.6 is 0 Å². The molecule has 1 heterocycles. The Kier molecular flexibility index (Phi) is 4.74. The van der Waals surface area contributed by atoms with E-state index in [-0.39, 0.29) is 0 Å². The van der Waals surface area contributed by atoms with Crippen LogP contribution < -0.4 is 0 Å². The number of ether oxygens (including phenoxy) is 1. The molecule has 0 aliphatic heterocycles. The van der Waals surface area contributed by atoms with Crippen molar-refractivity contribution in [2.45, 2.75) is 19.6 Å². The zero-order valence-corrected chi connectivity index (χ0v) is 13.8. The van der Waals surface area contributed by atoms with Gasteiger partial charge >= 0.3 is 0 Å². The monoisotopic (exact) mass is 317 g/mol. The van der Waals surface area contributed by atoms with E-state index in [1.807, 2.05) is 80.6 Å². The summed E-state index contributed by atoms with van der Waals surface area (Å²) < 4.78 is 7.62. The fourth-order valence-corrected chi connectivity index (χ4v) is 2.49. The van der Waals surface area contributed by atoms with Crippen molar-refractivity contribution < 1.29 is 4.74 Å². The molecule has 0 saturated carbocycles. The smallest absolute Gasteiger partial charge is 0.223 e. The highest BCUT2D eigenvalue weighted by atomic mass is 16.5. The van der Waals surface area contributed by atoms with E-state index in [0.717, 1.165) is 16.6 Å². The molecule has 0 aliphatic carbocycles. The number of fused-ring (bicyclic) bond motifs is 1. The molecule has 0 amide bonds. The molecule has 0 aliphatic rings. The summed E-state index contributed by atoms with van der Waals surface area (Å²) in [4.78, 5) is 0. The maximum atomic E-state index is 5.89. The SMILES string of the molecule is CCOC(C)(C#C/C=C/c1ccccc1)n1nnc2ccccc21. The third kappa shape index (κ3) is 3.37. The summed E-state index contributed by atoms with van der Waals surface area (Å²) in [5.41, 5.74) is 1.96. The number of nitrogens with zero attached hydrogens (tertiary/aromatic N) is 3. The highest BCUT2D eigenvalue weighted by Gasteiger charge is 2.27. The van der Waals surface area contributed by atoms with E-state index in [9.17, 15) is 0 Å². The van der Waals surface area contributed by atoms with Crippen LogP contribution in [0, 0.1) is 11.8 Å². The molecule has 0 N–H and O–H groups in total. The molecule has 3 rings (SSSR count). The van der Waals surface area contributed by atoms with E-state index in [0.29, 0.717) is 6.61 Å². The van der Waals surface area contributed by atoms with Crippen molar-refractivity contribution in [2.75, 3.05) is 6.61 Å². The zero-order chi connectivity index (χ0) is 16.8. The van der Waals surface area contributed by atoms with Crippen molar-refractivity contribution in [3.63, 3.8) is 0 Å². The quantitative estimate of drug-likeness (QED) is 0.686. The van der Waals surface area contributed by atoms with Gasteiger partial charge in [0, 0.05) is 6.61 Å². The van der Waals surface area contributed by atoms with Crippen molar-refractivity contribution in [3.8, 4) is 11.8 Å². The summed E-state index contributed by atoms with van der Waals surface area (Å²) >= 11 is 0. The van der Waals surface area contributed by atoms with Gasteiger partial charge in [-0.25, -0.2) is 4.68 Å². The second-order valence-corrected chi connectivity index (χ2v) is 5.42. The van der Waals surface area contributed by atoms with Gasteiger partial charge in [-0.15, -0.1) is 5.10 Å². The number of hydrogen-bond donors (Lipinski definition) is 0. The molecule has 0 bridgehead atoms. The number of aromatic nitrogens is 3. The van der Waals surface area contributed by atoms with Crippen LogP contribution in [0.1, 0.15) is 19.4 Å². The third-order valence-corrected chi connectivity index (χ3v) is 3.64. The molecule has 3 aromatic rings. The molecule has 0 radical (unpaired) electrons. The van der Waals surface area contributed by atoms with Crippen LogP contribution in [-0.4, -0.2) is 21.6 Å². The van der Waals surface area contributed by atoms with E-state index in [1.165, 1.54) is 0 Å². The number of rotatable bonds is 4. The van der Waals surface area contributed by atoms with Gasteiger partial charge in [0.25, 0.3) is 0 Å². The van der Waals surface area contributed by atoms with Gasteiger partial charge in [0.15, 0.2) is 0 Å². The first kappa shape index (κ1) is 16.0. The summed E-state index contributed by atoms with van der Waals surface area (Å²) in [6.45, 7) is 4.38. The Morgan fingerprint density at radius 2 is 1.88 bits per heavy atom. The van der Waals surface area contributed by atoms with Crippen LogP contribution in [-0.2, 0) is 10.5 Å². The van der Waals surface area contributed by atoms with Gasteiger partial charge in [0.2, 0.25) is 5.72 Å². The van der Waals surface area contributed by atoms with E-state index in [1.54, 1.807) is 4.68 Å². The molecule has 0 saturated heterocycles. The number of para-hydroxylation sites is 1. The van der Waals surface area contributed by atoms with Crippen LogP contribution in [0.25, 0.3) is 17.1 Å². The summed E-state index contributed by atoms with van der Waals surface area (Å²) in [6, 6.07) is 17.8. The Hall–Kier alpha value is -2.90. The van der Waals surface area contributed by atoms with Crippen LogP contribution in [0.4, 0.5) is 0 Å². The summed E-state index contributed by atoms with van der Waals surface area (Å²) in [5.74, 6) is 6.23. The van der Waals surface area contributed by atoms with Gasteiger partial charge in [0.1, 0.15) is 5.52 Å². The number of benzene rings is 2. The van der Waals surface area contributed by atoms with Gasteiger partial charge in [-0.3, -0.25) is 0 Å². The highest BCUT2D eigenvalue weighted by molar-refractivity contribution is 5.74. The van der Waals surface area contributed by atoms with Crippen LogP contribution in [0.15, 0.2) is 60.7 Å². The Bertz CT molecular complexity index is 903. The maximum absolute atomic E-state index is 5.89. The number of hydrogen-bond acceptors (Lipinski definition) is 3. The van der Waals surface area contributed by atoms with Gasteiger partial charge in [-0.1, -0.05) is 53.6 Å². The minimum Gasteiger partial charge on any atom is -0.344 e. The largest absolute Gasteiger partial charge is 0.344 e. The molecular weight excluding hydrogens is 298 g/mol. The van der Waals surface area contributed by atoms with Crippen LogP contribution in [0.3, 0.4) is 0 Å². The average Bonchev–Trinajstić information content (AvgIpc) is 3.05. The summed E-state index contributed by atoms with van der Waals surface area (Å²) in [7, 11) is 0. The fourth-order valence-electron chi connectivity index (χ4n) is 2.49. The zero-order valence-electron chi connectivity index (χ0n) is 13.8. The van der Waals surface area contributed by atoms with Crippen molar-refractivity contribution in [2.24, 2.45) is 0 Å². The minimum absolute atomic E-state index is 0.530. The highest BCUT2D eigenvalue weighted by Crippen LogP contribution is 2.21. The standard InChI is InChI=1S/C20H19N3O/c1-3-24-20(2,16-10-9-13-17-11-5-4-6-12-17)23-19-15-8-7-14-18(19)21-22-23/h4-9,11-15H,3H2,1-2H3/b13-9+. The van der Waals surface area contributed by atoms with E-state index in [2.05, 4.69) is 22.2 Å². The van der Waals surface area contributed by atoms with E-state index >= 15 is 0 Å². The van der Waals surface area contributed by atoms with Crippen molar-refractivity contribution in [1.82, 2.24) is 15.0 Å². The second kappa shape index (κ2) is 7.12. The molecule has 2 aromatic carbocycles. The van der Waals surface area contributed by atoms with Crippen LogP contribution in [0.5, 0.6) is 0 Å². The van der Waals surface area contributed by atoms with E-state index in [4.69, 9.17) is 4.74 Å². The van der Waals surface area contributed by atoms with Crippen molar-refractivity contribution in [3.05, 3.63) is 66.2 Å². The van der Waals surface area contributed by atoms with Crippen LogP contribution in [0.2, 0.25) is 0 Å².